The number of hydrogen-bond donors (Lipinski definition) is 1. The number of pyridine rings is 1. The van der Waals surface area contributed by atoms with Crippen LogP contribution in [0.3, 0.4) is 0 Å². The van der Waals surface area contributed by atoms with Gasteiger partial charge in [-0.15, -0.1) is 0 Å². The van der Waals surface area contributed by atoms with Gasteiger partial charge in [0.2, 0.25) is 5.52 Å². The maximum absolute atomic E-state index is 11.0. The first-order valence-corrected chi connectivity index (χ1v) is 15.8. The molecule has 5 nitrogen and oxygen atoms in total. The molecule has 1 fully saturated rings. The van der Waals surface area contributed by atoms with Crippen LogP contribution in [0.4, 0.5) is 11.4 Å². The average Bonchev–Trinajstić information content (AvgIpc) is 3.53. The molecule has 3 aromatic carbocycles. The van der Waals surface area contributed by atoms with Crippen LogP contribution >= 0.6 is 12.6 Å². The largest absolute Gasteiger partial charge is 0.748 e. The first kappa shape index (κ1) is 26.1. The lowest BCUT2D eigenvalue weighted by Gasteiger charge is -2.27. The number of benzene rings is 3. The monoisotopic (exact) mass is 556 g/mol. The second kappa shape index (κ2) is 10.8. The smallest absolute Gasteiger partial charge is 0.213 e. The van der Waals surface area contributed by atoms with Crippen LogP contribution in [0.5, 0.6) is 0 Å². The molecule has 6 rings (SSSR count). The maximum Gasteiger partial charge on any atom is 0.213 e. The van der Waals surface area contributed by atoms with E-state index in [2.05, 4.69) is 84.3 Å². The summed E-state index contributed by atoms with van der Waals surface area (Å²) in [5.41, 5.74) is 8.58. The Kier molecular flexibility index (Phi) is 7.23. The lowest BCUT2D eigenvalue weighted by Crippen LogP contribution is -2.35. The molecule has 200 valence electrons. The van der Waals surface area contributed by atoms with Gasteiger partial charge in [-0.2, -0.15) is 17.2 Å². The Balaban J connectivity index is 1.28. The van der Waals surface area contributed by atoms with Crippen LogP contribution < -0.4 is 9.47 Å². The molecule has 2 unspecified atom stereocenters. The van der Waals surface area contributed by atoms with Crippen LogP contribution in [0.25, 0.3) is 23.1 Å². The van der Waals surface area contributed by atoms with E-state index in [0.29, 0.717) is 24.9 Å². The number of rotatable bonds is 8. The number of aromatic nitrogens is 1. The van der Waals surface area contributed by atoms with Crippen molar-refractivity contribution in [3.05, 3.63) is 101 Å². The second-order valence-corrected chi connectivity index (χ2v) is 12.4. The number of hydrogen-bond acceptors (Lipinski definition) is 5. The maximum atomic E-state index is 11.0. The van der Waals surface area contributed by atoms with Crippen molar-refractivity contribution in [2.24, 2.45) is 0 Å². The summed E-state index contributed by atoms with van der Waals surface area (Å²) in [5.74, 6) is 0.961. The molecule has 4 aromatic rings. The van der Waals surface area contributed by atoms with Crippen LogP contribution in [0.15, 0.2) is 79.0 Å². The molecular weight excluding hydrogens is 524 g/mol. The van der Waals surface area contributed by atoms with Crippen LogP contribution in [-0.4, -0.2) is 24.8 Å². The highest BCUT2D eigenvalue weighted by Crippen LogP contribution is 2.52. The molecule has 0 N–H and O–H groups in total. The van der Waals surface area contributed by atoms with Crippen molar-refractivity contribution < 1.29 is 17.5 Å². The van der Waals surface area contributed by atoms with E-state index in [4.69, 9.17) is 0 Å². The number of thiol groups is 1. The van der Waals surface area contributed by atoms with Gasteiger partial charge in [-0.05, 0) is 65.4 Å². The SMILES string of the molecule is O=S(=O)([O-])CCC[n+]1ccc(/C=C/c2ccc3c(c2)C2CCCC2N3c2ccc(CS)cc2)c2ccccc21. The summed E-state index contributed by atoms with van der Waals surface area (Å²) in [6.45, 7) is 0.479. The Hall–Kier alpha value is -3.13. The molecule has 1 aliphatic carbocycles. The average molecular weight is 557 g/mol. The standard InChI is InChI=1S/C32H32N2O3S2/c35-39(36,37)20-4-18-33-19-17-25(27-5-1-2-7-30(27)33)13-9-23-12-16-32-29(21-23)28-6-3-8-31(28)34(32)26-14-10-24(22-38)11-15-26/h1-2,5,7,9-17,19,21,28,31H,3-4,6,8,18,20,22H2,(H-,35,36,37,38). The second-order valence-electron chi connectivity index (χ2n) is 10.5. The minimum atomic E-state index is -4.21. The van der Waals surface area contributed by atoms with E-state index in [1.54, 1.807) is 0 Å². The van der Waals surface area contributed by atoms with Gasteiger partial charge in [0.15, 0.2) is 6.20 Å². The van der Waals surface area contributed by atoms with E-state index in [9.17, 15) is 13.0 Å². The number of para-hydroxylation sites is 1. The van der Waals surface area contributed by atoms with Gasteiger partial charge in [0.25, 0.3) is 0 Å². The van der Waals surface area contributed by atoms with E-state index in [1.807, 2.05) is 29.0 Å². The van der Waals surface area contributed by atoms with Crippen molar-refractivity contribution in [1.82, 2.24) is 0 Å². The van der Waals surface area contributed by atoms with Gasteiger partial charge in [0, 0.05) is 53.4 Å². The zero-order valence-electron chi connectivity index (χ0n) is 21.7. The Morgan fingerprint density at radius 2 is 1.82 bits per heavy atom. The number of nitrogens with zero attached hydrogens (tertiary/aromatic N) is 2. The van der Waals surface area contributed by atoms with Gasteiger partial charge in [0.05, 0.1) is 15.5 Å². The minimum Gasteiger partial charge on any atom is -0.748 e. The third-order valence-corrected chi connectivity index (χ3v) is 9.28. The summed E-state index contributed by atoms with van der Waals surface area (Å²) in [7, 11) is -4.21. The number of fused-ring (bicyclic) bond motifs is 4. The fourth-order valence-electron chi connectivity index (χ4n) is 6.32. The zero-order valence-corrected chi connectivity index (χ0v) is 23.5. The summed E-state index contributed by atoms with van der Waals surface area (Å²) < 4.78 is 35.1. The molecule has 0 saturated heterocycles. The van der Waals surface area contributed by atoms with Crippen molar-refractivity contribution in [1.29, 1.82) is 0 Å². The molecule has 7 heteroatoms. The molecule has 1 aliphatic heterocycles. The lowest BCUT2D eigenvalue weighted by atomic mass is 9.95. The van der Waals surface area contributed by atoms with Crippen molar-refractivity contribution >= 4 is 57.2 Å². The van der Waals surface area contributed by atoms with Crippen LogP contribution in [-0.2, 0) is 22.4 Å². The fraction of sp³-hybridized carbons (Fsp3) is 0.281. The fourth-order valence-corrected chi connectivity index (χ4v) is 7.02. The third-order valence-electron chi connectivity index (χ3n) is 8.13. The highest BCUT2D eigenvalue weighted by molar-refractivity contribution is 7.85. The van der Waals surface area contributed by atoms with Crippen molar-refractivity contribution in [3.63, 3.8) is 0 Å². The lowest BCUT2D eigenvalue weighted by molar-refractivity contribution is -0.671. The topological polar surface area (TPSA) is 64.3 Å². The summed E-state index contributed by atoms with van der Waals surface area (Å²) in [4.78, 5) is 2.55. The Bertz CT molecular complexity index is 1650. The van der Waals surface area contributed by atoms with E-state index in [0.717, 1.165) is 22.2 Å². The van der Waals surface area contributed by atoms with Gasteiger partial charge in [-0.1, -0.05) is 48.9 Å². The molecular formula is C32H32N2O3S2. The Morgan fingerprint density at radius 3 is 2.62 bits per heavy atom. The van der Waals surface area contributed by atoms with Gasteiger partial charge in [-0.3, -0.25) is 0 Å². The quantitative estimate of drug-likeness (QED) is 0.154. The van der Waals surface area contributed by atoms with Gasteiger partial charge in [0.1, 0.15) is 6.54 Å². The van der Waals surface area contributed by atoms with E-state index in [1.165, 1.54) is 47.3 Å². The number of aryl methyl sites for hydroxylation is 1. The van der Waals surface area contributed by atoms with Crippen molar-refractivity contribution in [2.45, 2.75) is 49.9 Å². The van der Waals surface area contributed by atoms with Gasteiger partial charge >= 0.3 is 0 Å². The van der Waals surface area contributed by atoms with E-state index < -0.39 is 10.1 Å². The summed E-state index contributed by atoms with van der Waals surface area (Å²) >= 11 is 4.41. The predicted octanol–water partition coefficient (Wildman–Crippen LogP) is 6.45. The highest BCUT2D eigenvalue weighted by atomic mass is 32.2. The normalized spacial score (nSPS) is 18.7. The molecule has 0 amide bonds. The molecule has 0 bridgehead atoms. The van der Waals surface area contributed by atoms with Gasteiger partial charge < -0.3 is 9.45 Å². The minimum absolute atomic E-state index is 0.295. The van der Waals surface area contributed by atoms with E-state index >= 15 is 0 Å². The Labute approximate surface area is 236 Å². The van der Waals surface area contributed by atoms with Crippen LogP contribution in [0, 0.1) is 0 Å². The molecule has 2 atom stereocenters. The summed E-state index contributed by atoms with van der Waals surface area (Å²) in [6, 6.07) is 26.4. The van der Waals surface area contributed by atoms with Crippen molar-refractivity contribution in [2.75, 3.05) is 10.7 Å². The zero-order chi connectivity index (χ0) is 27.0. The molecule has 0 radical (unpaired) electrons. The predicted molar refractivity (Wildman–Crippen MR) is 160 cm³/mol. The first-order chi connectivity index (χ1) is 18.9. The first-order valence-electron chi connectivity index (χ1n) is 13.6. The third kappa shape index (κ3) is 5.36. The molecule has 2 heterocycles. The summed E-state index contributed by atoms with van der Waals surface area (Å²) in [6.07, 6.45) is 10.3. The number of anilines is 2. The molecule has 2 aliphatic rings. The molecule has 1 saturated carbocycles. The molecule has 39 heavy (non-hydrogen) atoms. The van der Waals surface area contributed by atoms with Crippen molar-refractivity contribution in [3.8, 4) is 0 Å². The van der Waals surface area contributed by atoms with E-state index in [-0.39, 0.29) is 5.75 Å². The Morgan fingerprint density at radius 1 is 1.00 bits per heavy atom. The van der Waals surface area contributed by atoms with Crippen LogP contribution in [0.1, 0.15) is 53.9 Å². The highest BCUT2D eigenvalue weighted by Gasteiger charge is 2.42. The molecule has 1 aromatic heterocycles. The molecule has 0 spiro atoms. The van der Waals surface area contributed by atoms with Gasteiger partial charge in [-0.25, -0.2) is 8.42 Å². The summed E-state index contributed by atoms with van der Waals surface area (Å²) in [5, 5.41) is 1.09. The van der Waals surface area contributed by atoms with Crippen LogP contribution in [0.2, 0.25) is 0 Å².